The molecule has 0 aliphatic rings. The van der Waals surface area contributed by atoms with Gasteiger partial charge in [-0.05, 0) is 43.5 Å². The highest BCUT2D eigenvalue weighted by molar-refractivity contribution is 6.31. The number of hydrogen-bond acceptors (Lipinski definition) is 1. The van der Waals surface area contributed by atoms with Gasteiger partial charge in [0, 0.05) is 17.5 Å². The molecule has 92 valence electrons. The largest absolute Gasteiger partial charge is 0.310 e. The highest BCUT2D eigenvalue weighted by Crippen LogP contribution is 2.27. The van der Waals surface area contributed by atoms with Gasteiger partial charge in [0.25, 0.3) is 0 Å². The molecule has 1 atom stereocenters. The molecule has 0 bridgehead atoms. The van der Waals surface area contributed by atoms with Gasteiger partial charge in [-0.1, -0.05) is 30.7 Å². The van der Waals surface area contributed by atoms with E-state index in [1.807, 2.05) is 6.07 Å². The quantitative estimate of drug-likeness (QED) is 0.591. The number of hydrogen-bond donors (Lipinski definition) is 1. The first kappa shape index (κ1) is 14.1. The first-order valence-corrected chi connectivity index (χ1v) is 6.49. The summed E-state index contributed by atoms with van der Waals surface area (Å²) in [5.74, 6) is 2.68. The molecule has 17 heavy (non-hydrogen) atoms. The summed E-state index contributed by atoms with van der Waals surface area (Å²) < 4.78 is 0. The van der Waals surface area contributed by atoms with Gasteiger partial charge in [0.15, 0.2) is 0 Å². The standard InChI is InChI=1S/C15H20ClN/c1-4-6-7-8-15(17-5-2)13-10-9-12(3)11-14(13)16/h1,9-11,15,17H,5-8H2,2-3H3. The average molecular weight is 250 g/mol. The Bertz CT molecular complexity index is 392. The fourth-order valence-corrected chi connectivity index (χ4v) is 2.30. The molecule has 0 aliphatic heterocycles. The molecule has 0 amide bonds. The normalized spacial score (nSPS) is 12.1. The molecule has 0 spiro atoms. The molecule has 0 saturated heterocycles. The van der Waals surface area contributed by atoms with Crippen LogP contribution in [0.25, 0.3) is 0 Å². The van der Waals surface area contributed by atoms with E-state index in [-0.39, 0.29) is 0 Å². The van der Waals surface area contributed by atoms with Crippen LogP contribution in [0.15, 0.2) is 18.2 Å². The molecular formula is C15H20ClN. The van der Waals surface area contributed by atoms with Crippen LogP contribution in [0, 0.1) is 19.3 Å². The fourth-order valence-electron chi connectivity index (χ4n) is 1.94. The van der Waals surface area contributed by atoms with Crippen molar-refractivity contribution >= 4 is 11.6 Å². The fraction of sp³-hybridized carbons (Fsp3) is 0.467. The summed E-state index contributed by atoms with van der Waals surface area (Å²) >= 11 is 6.29. The zero-order valence-corrected chi connectivity index (χ0v) is 11.3. The van der Waals surface area contributed by atoms with Crippen molar-refractivity contribution in [3.8, 4) is 12.3 Å². The van der Waals surface area contributed by atoms with Crippen molar-refractivity contribution in [2.75, 3.05) is 6.54 Å². The van der Waals surface area contributed by atoms with Gasteiger partial charge in [0.1, 0.15) is 0 Å². The highest BCUT2D eigenvalue weighted by Gasteiger charge is 2.13. The molecule has 1 N–H and O–H groups in total. The zero-order valence-electron chi connectivity index (χ0n) is 10.6. The highest BCUT2D eigenvalue weighted by atomic mass is 35.5. The van der Waals surface area contributed by atoms with E-state index in [1.54, 1.807) is 0 Å². The first-order chi connectivity index (χ1) is 8.19. The number of terminal acetylenes is 1. The number of rotatable bonds is 6. The number of nitrogens with one attached hydrogen (secondary N) is 1. The maximum atomic E-state index is 6.29. The predicted molar refractivity (Wildman–Crippen MR) is 75.3 cm³/mol. The van der Waals surface area contributed by atoms with Crippen LogP contribution in [-0.2, 0) is 0 Å². The molecule has 0 fully saturated rings. The molecule has 1 aromatic rings. The maximum absolute atomic E-state index is 6.29. The molecule has 1 nitrogen and oxygen atoms in total. The lowest BCUT2D eigenvalue weighted by atomic mass is 10.00. The van der Waals surface area contributed by atoms with Crippen LogP contribution in [0.3, 0.4) is 0 Å². The minimum absolute atomic E-state index is 0.307. The van der Waals surface area contributed by atoms with Gasteiger partial charge in [-0.15, -0.1) is 12.3 Å². The van der Waals surface area contributed by atoms with Crippen molar-refractivity contribution in [3.63, 3.8) is 0 Å². The predicted octanol–water partition coefficient (Wildman–Crippen LogP) is 4.10. The van der Waals surface area contributed by atoms with Crippen LogP contribution in [0.4, 0.5) is 0 Å². The van der Waals surface area contributed by atoms with E-state index in [1.165, 1.54) is 11.1 Å². The summed E-state index contributed by atoms with van der Waals surface area (Å²) in [7, 11) is 0. The molecule has 0 aromatic heterocycles. The van der Waals surface area contributed by atoms with Crippen molar-refractivity contribution < 1.29 is 0 Å². The molecule has 1 rings (SSSR count). The Morgan fingerprint density at radius 3 is 2.82 bits per heavy atom. The van der Waals surface area contributed by atoms with E-state index in [9.17, 15) is 0 Å². The number of halogens is 1. The molecule has 2 heteroatoms. The third-order valence-electron chi connectivity index (χ3n) is 2.80. The Hall–Kier alpha value is -0.970. The number of benzene rings is 1. The van der Waals surface area contributed by atoms with Crippen LogP contribution >= 0.6 is 11.6 Å². The molecule has 0 heterocycles. The molecule has 1 unspecified atom stereocenters. The van der Waals surface area contributed by atoms with Gasteiger partial charge in [-0.3, -0.25) is 0 Å². The van der Waals surface area contributed by atoms with Crippen LogP contribution in [0.5, 0.6) is 0 Å². The summed E-state index contributed by atoms with van der Waals surface area (Å²) in [6.07, 6.45) is 8.16. The second-order valence-corrected chi connectivity index (χ2v) is 4.64. The Kier molecular flexibility index (Phi) is 6.11. The van der Waals surface area contributed by atoms with E-state index in [0.29, 0.717) is 6.04 Å². The maximum Gasteiger partial charge on any atom is 0.0456 e. The van der Waals surface area contributed by atoms with Crippen LogP contribution in [0.2, 0.25) is 5.02 Å². The Balaban J connectivity index is 2.78. The van der Waals surface area contributed by atoms with E-state index < -0.39 is 0 Å². The van der Waals surface area contributed by atoms with Gasteiger partial charge < -0.3 is 5.32 Å². The van der Waals surface area contributed by atoms with E-state index in [4.69, 9.17) is 18.0 Å². The lowest BCUT2D eigenvalue weighted by molar-refractivity contribution is 0.502. The van der Waals surface area contributed by atoms with Crippen molar-refractivity contribution in [2.24, 2.45) is 0 Å². The number of aryl methyl sites for hydroxylation is 1. The topological polar surface area (TPSA) is 12.0 Å². The van der Waals surface area contributed by atoms with E-state index >= 15 is 0 Å². The average Bonchev–Trinajstić information content (AvgIpc) is 2.28. The van der Waals surface area contributed by atoms with E-state index in [2.05, 4.69) is 37.2 Å². The third kappa shape index (κ3) is 4.42. The van der Waals surface area contributed by atoms with Gasteiger partial charge >= 0.3 is 0 Å². The molecule has 0 radical (unpaired) electrons. The van der Waals surface area contributed by atoms with Gasteiger partial charge in [-0.25, -0.2) is 0 Å². The van der Waals surface area contributed by atoms with Crippen molar-refractivity contribution in [3.05, 3.63) is 34.3 Å². The minimum atomic E-state index is 0.307. The van der Waals surface area contributed by atoms with Crippen molar-refractivity contribution in [2.45, 2.75) is 39.2 Å². The second kappa shape index (κ2) is 7.37. The first-order valence-electron chi connectivity index (χ1n) is 6.12. The summed E-state index contributed by atoms with van der Waals surface area (Å²) in [5, 5.41) is 4.31. The van der Waals surface area contributed by atoms with Crippen molar-refractivity contribution in [1.29, 1.82) is 0 Å². The molecule has 0 saturated carbocycles. The van der Waals surface area contributed by atoms with E-state index in [0.717, 1.165) is 30.8 Å². The summed E-state index contributed by atoms with van der Waals surface area (Å²) in [6.45, 7) is 5.09. The Labute approximate surface area is 110 Å². The van der Waals surface area contributed by atoms with Gasteiger partial charge in [0.2, 0.25) is 0 Å². The Morgan fingerprint density at radius 2 is 2.24 bits per heavy atom. The molecular weight excluding hydrogens is 230 g/mol. The van der Waals surface area contributed by atoms with Gasteiger partial charge in [0.05, 0.1) is 0 Å². The Morgan fingerprint density at radius 1 is 1.47 bits per heavy atom. The summed E-state index contributed by atoms with van der Waals surface area (Å²) in [5.41, 5.74) is 2.37. The second-order valence-electron chi connectivity index (χ2n) is 4.23. The van der Waals surface area contributed by atoms with Crippen LogP contribution in [-0.4, -0.2) is 6.54 Å². The van der Waals surface area contributed by atoms with Crippen LogP contribution < -0.4 is 5.32 Å². The van der Waals surface area contributed by atoms with Crippen LogP contribution in [0.1, 0.15) is 43.4 Å². The van der Waals surface area contributed by atoms with Gasteiger partial charge in [-0.2, -0.15) is 0 Å². The summed E-state index contributed by atoms with van der Waals surface area (Å²) in [4.78, 5) is 0. The lowest BCUT2D eigenvalue weighted by Crippen LogP contribution is -2.21. The minimum Gasteiger partial charge on any atom is -0.310 e. The van der Waals surface area contributed by atoms with Crippen molar-refractivity contribution in [1.82, 2.24) is 5.32 Å². The SMILES string of the molecule is C#CCCCC(NCC)c1ccc(C)cc1Cl. The lowest BCUT2D eigenvalue weighted by Gasteiger charge is -2.19. The summed E-state index contributed by atoms with van der Waals surface area (Å²) in [6, 6.07) is 6.54. The molecule has 1 aromatic carbocycles. The molecule has 0 aliphatic carbocycles. The third-order valence-corrected chi connectivity index (χ3v) is 3.12. The number of unbranched alkanes of at least 4 members (excludes halogenated alkanes) is 1. The smallest absolute Gasteiger partial charge is 0.0456 e. The monoisotopic (exact) mass is 249 g/mol. The zero-order chi connectivity index (χ0) is 12.7.